The molecular formula is C22H35N3O9. The average molecular weight is 486 g/mol. The Morgan fingerprint density at radius 1 is 0.882 bits per heavy atom. The van der Waals surface area contributed by atoms with Crippen molar-refractivity contribution >= 4 is 23.8 Å². The van der Waals surface area contributed by atoms with Crippen LogP contribution < -0.4 is 10.6 Å². The van der Waals surface area contributed by atoms with Crippen molar-refractivity contribution < 1.29 is 39.4 Å². The highest BCUT2D eigenvalue weighted by molar-refractivity contribution is 5.87. The molecule has 0 spiro atoms. The van der Waals surface area contributed by atoms with E-state index in [4.69, 9.17) is 0 Å². The predicted molar refractivity (Wildman–Crippen MR) is 118 cm³/mol. The first-order valence-electron chi connectivity index (χ1n) is 11.9. The molecule has 0 aromatic carbocycles. The molecule has 192 valence electrons. The fourth-order valence-corrected chi connectivity index (χ4v) is 5.00. The Hall–Kier alpha value is -2.76. The smallest absolute Gasteiger partial charge is 0.307 e. The van der Waals surface area contributed by atoms with E-state index in [1.165, 1.54) is 0 Å². The lowest BCUT2D eigenvalue weighted by molar-refractivity contribution is -0.528. The minimum atomic E-state index is -1.20. The lowest BCUT2D eigenvalue weighted by atomic mass is 9.76. The van der Waals surface area contributed by atoms with E-state index in [2.05, 4.69) is 10.6 Å². The third-order valence-corrected chi connectivity index (χ3v) is 6.98. The van der Waals surface area contributed by atoms with Gasteiger partial charge < -0.3 is 26.0 Å². The maximum Gasteiger partial charge on any atom is 0.307 e. The summed E-state index contributed by atoms with van der Waals surface area (Å²) in [5.74, 6) is -7.68. The topological polar surface area (TPSA) is 196 Å². The lowest BCUT2D eigenvalue weighted by Gasteiger charge is -2.33. The zero-order chi connectivity index (χ0) is 25.4. The Kier molecular flexibility index (Phi) is 10.2. The number of unbranched alkanes of at least 4 members (excludes halogenated alkanes) is 2. The molecule has 0 aromatic heterocycles. The van der Waals surface area contributed by atoms with Crippen molar-refractivity contribution in [2.75, 3.05) is 0 Å². The molecule has 0 aromatic rings. The number of nitrogens with one attached hydrogen (secondary N) is 2. The largest absolute Gasteiger partial charge is 0.481 e. The SMILES string of the molecule is CCCCCC(NC(=O)C1CCC(O)CC1C(=O)O)NC(=O)C1CC([N+](=O)[O-])CCC1C(=O)O. The summed E-state index contributed by atoms with van der Waals surface area (Å²) >= 11 is 0. The standard InChI is InChI=1S/C22H35N3O9/c1-2-3-4-5-18(23-19(27)14-9-7-13(26)11-17(14)22(31)32)24-20(28)16-10-12(25(33)34)6-8-15(16)21(29)30/h12-18,26H,2-11H2,1H3,(H,23,27)(H,24,28)(H,29,30)(H,31,32). The predicted octanol–water partition coefficient (Wildman–Crippen LogP) is 1.13. The van der Waals surface area contributed by atoms with Crippen LogP contribution in [0.15, 0.2) is 0 Å². The zero-order valence-corrected chi connectivity index (χ0v) is 19.4. The summed E-state index contributed by atoms with van der Waals surface area (Å²) in [6.45, 7) is 1.98. The maximum absolute atomic E-state index is 13.0. The van der Waals surface area contributed by atoms with Gasteiger partial charge >= 0.3 is 11.9 Å². The van der Waals surface area contributed by atoms with Crippen LogP contribution in [0.4, 0.5) is 0 Å². The van der Waals surface area contributed by atoms with Crippen molar-refractivity contribution in [1.29, 1.82) is 0 Å². The van der Waals surface area contributed by atoms with Crippen LogP contribution in [0.1, 0.15) is 71.1 Å². The van der Waals surface area contributed by atoms with Crippen molar-refractivity contribution in [2.24, 2.45) is 23.7 Å². The van der Waals surface area contributed by atoms with Crippen LogP contribution in [0, 0.1) is 33.8 Å². The third-order valence-electron chi connectivity index (χ3n) is 6.98. The number of aliphatic carboxylic acids is 2. The van der Waals surface area contributed by atoms with Gasteiger partial charge in [-0.25, -0.2) is 0 Å². The quantitative estimate of drug-likeness (QED) is 0.123. The van der Waals surface area contributed by atoms with Gasteiger partial charge in [-0.3, -0.25) is 29.3 Å². The number of hydrogen-bond acceptors (Lipinski definition) is 7. The van der Waals surface area contributed by atoms with Crippen LogP contribution in [0.2, 0.25) is 0 Å². The average Bonchev–Trinajstić information content (AvgIpc) is 2.78. The highest BCUT2D eigenvalue weighted by atomic mass is 16.6. The number of nitrogens with zero attached hydrogens (tertiary/aromatic N) is 1. The second-order valence-electron chi connectivity index (χ2n) is 9.39. The number of carboxylic acid groups (broad SMARTS) is 2. The first-order chi connectivity index (χ1) is 16.0. The molecule has 0 heterocycles. The molecule has 0 radical (unpaired) electrons. The number of amides is 2. The van der Waals surface area contributed by atoms with Crippen molar-refractivity contribution in [3.63, 3.8) is 0 Å². The molecule has 2 rings (SSSR count). The fraction of sp³-hybridized carbons (Fsp3) is 0.818. The molecule has 2 aliphatic carbocycles. The van der Waals surface area contributed by atoms with E-state index in [0.29, 0.717) is 19.3 Å². The van der Waals surface area contributed by atoms with Gasteiger partial charge in [0.25, 0.3) is 0 Å². The van der Waals surface area contributed by atoms with Crippen LogP contribution >= 0.6 is 0 Å². The molecule has 2 amide bonds. The van der Waals surface area contributed by atoms with Gasteiger partial charge in [0, 0.05) is 17.8 Å². The Labute approximate surface area is 197 Å². The molecule has 2 aliphatic rings. The molecule has 34 heavy (non-hydrogen) atoms. The number of nitro groups is 1. The molecule has 2 fully saturated rings. The number of carbonyl (C=O) groups excluding carboxylic acids is 2. The first kappa shape index (κ1) is 27.5. The number of carboxylic acids is 2. The van der Waals surface area contributed by atoms with E-state index in [0.717, 1.165) is 12.8 Å². The van der Waals surface area contributed by atoms with Gasteiger partial charge in [0.15, 0.2) is 0 Å². The van der Waals surface area contributed by atoms with Crippen LogP contribution in [-0.4, -0.2) is 62.3 Å². The van der Waals surface area contributed by atoms with Crippen molar-refractivity contribution in [2.45, 2.75) is 89.4 Å². The van der Waals surface area contributed by atoms with Crippen LogP contribution in [0.3, 0.4) is 0 Å². The minimum absolute atomic E-state index is 0.0105. The number of carbonyl (C=O) groups is 4. The van der Waals surface area contributed by atoms with Gasteiger partial charge in [-0.2, -0.15) is 0 Å². The van der Waals surface area contributed by atoms with Crippen LogP contribution in [-0.2, 0) is 19.2 Å². The van der Waals surface area contributed by atoms with Gasteiger partial charge in [-0.1, -0.05) is 19.8 Å². The lowest BCUT2D eigenvalue weighted by Crippen LogP contribution is -2.54. The molecular weight excluding hydrogens is 450 g/mol. The zero-order valence-electron chi connectivity index (χ0n) is 19.4. The molecule has 0 bridgehead atoms. The van der Waals surface area contributed by atoms with E-state index in [-0.39, 0.29) is 32.1 Å². The summed E-state index contributed by atoms with van der Waals surface area (Å²) in [4.78, 5) is 60.0. The summed E-state index contributed by atoms with van der Waals surface area (Å²) in [5.41, 5.74) is 0. The fourth-order valence-electron chi connectivity index (χ4n) is 5.00. The van der Waals surface area contributed by atoms with E-state index in [9.17, 15) is 44.6 Å². The van der Waals surface area contributed by atoms with Gasteiger partial charge in [0.1, 0.15) is 6.17 Å². The number of rotatable bonds is 11. The summed E-state index contributed by atoms with van der Waals surface area (Å²) in [7, 11) is 0. The minimum Gasteiger partial charge on any atom is -0.481 e. The monoisotopic (exact) mass is 485 g/mol. The Bertz CT molecular complexity index is 775. The van der Waals surface area contributed by atoms with Gasteiger partial charge in [-0.15, -0.1) is 0 Å². The second-order valence-corrected chi connectivity index (χ2v) is 9.39. The van der Waals surface area contributed by atoms with E-state index < -0.39 is 70.7 Å². The number of aliphatic hydroxyl groups is 1. The summed E-state index contributed by atoms with van der Waals surface area (Å²) in [6.07, 6.45) is 1.37. The van der Waals surface area contributed by atoms with Crippen molar-refractivity contribution in [3.8, 4) is 0 Å². The summed E-state index contributed by atoms with van der Waals surface area (Å²) in [6, 6.07) is -1.01. The summed E-state index contributed by atoms with van der Waals surface area (Å²) in [5, 5.41) is 45.4. The Morgan fingerprint density at radius 3 is 2.03 bits per heavy atom. The molecule has 2 saturated carbocycles. The highest BCUT2D eigenvalue weighted by Gasteiger charge is 2.44. The molecule has 12 heteroatoms. The first-order valence-corrected chi connectivity index (χ1v) is 11.9. The molecule has 7 atom stereocenters. The van der Waals surface area contributed by atoms with Gasteiger partial charge in [0.05, 0.1) is 29.8 Å². The van der Waals surface area contributed by atoms with E-state index in [1.54, 1.807) is 0 Å². The number of hydrogen-bond donors (Lipinski definition) is 5. The van der Waals surface area contributed by atoms with E-state index in [1.807, 2.05) is 6.92 Å². The van der Waals surface area contributed by atoms with Crippen molar-refractivity contribution in [3.05, 3.63) is 10.1 Å². The second kappa shape index (κ2) is 12.6. The molecule has 0 saturated heterocycles. The third kappa shape index (κ3) is 7.37. The normalized spacial score (nSPS) is 30.1. The van der Waals surface area contributed by atoms with Crippen LogP contribution in [0.5, 0.6) is 0 Å². The molecule has 7 unspecified atom stereocenters. The summed E-state index contributed by atoms with van der Waals surface area (Å²) < 4.78 is 0. The van der Waals surface area contributed by atoms with Crippen LogP contribution in [0.25, 0.3) is 0 Å². The molecule has 0 aliphatic heterocycles. The number of aliphatic hydroxyl groups excluding tert-OH is 1. The van der Waals surface area contributed by atoms with E-state index >= 15 is 0 Å². The maximum atomic E-state index is 13.0. The molecule has 5 N–H and O–H groups in total. The van der Waals surface area contributed by atoms with Crippen molar-refractivity contribution in [1.82, 2.24) is 10.6 Å². The molecule has 12 nitrogen and oxygen atoms in total. The Balaban J connectivity index is 2.13. The van der Waals surface area contributed by atoms with Gasteiger partial charge in [-0.05, 0) is 38.5 Å². The highest BCUT2D eigenvalue weighted by Crippen LogP contribution is 2.33. The van der Waals surface area contributed by atoms with Gasteiger partial charge in [0.2, 0.25) is 17.9 Å². The Morgan fingerprint density at radius 2 is 1.47 bits per heavy atom.